The molecule has 0 aromatic carbocycles. The Bertz CT molecular complexity index is 1300. The smallest absolute Gasteiger partial charge is 0.315 e. The summed E-state index contributed by atoms with van der Waals surface area (Å²) in [5.74, 6) is 0. The molecule has 8 heteroatoms. The van der Waals surface area contributed by atoms with E-state index in [-0.39, 0.29) is 11.7 Å². The molecule has 0 amide bonds. The van der Waals surface area contributed by atoms with Crippen LogP contribution in [0.15, 0.2) is 41.5 Å². The molecule has 1 fully saturated rings. The molecule has 140 valence electrons. The predicted molar refractivity (Wildman–Crippen MR) is 105 cm³/mol. The number of nitriles is 1. The van der Waals surface area contributed by atoms with Crippen molar-refractivity contribution in [2.45, 2.75) is 18.9 Å². The lowest BCUT2D eigenvalue weighted by molar-refractivity contribution is 0.368. The van der Waals surface area contributed by atoms with E-state index in [0.717, 1.165) is 48.2 Å². The fourth-order valence-corrected chi connectivity index (χ4v) is 4.02. The van der Waals surface area contributed by atoms with Crippen LogP contribution >= 0.6 is 0 Å². The highest BCUT2D eigenvalue weighted by molar-refractivity contribution is 5.83. The Hall–Kier alpha value is -3.44. The Balaban J connectivity index is 1.72. The van der Waals surface area contributed by atoms with E-state index in [4.69, 9.17) is 4.98 Å². The molecule has 5 rings (SSSR count). The summed E-state index contributed by atoms with van der Waals surface area (Å²) in [6, 6.07) is 9.63. The topological polar surface area (TPSA) is 92.9 Å². The van der Waals surface area contributed by atoms with E-state index in [1.807, 2.05) is 16.7 Å². The third kappa shape index (κ3) is 2.44. The number of rotatable bonds is 2. The Labute approximate surface area is 160 Å². The molecule has 5 heterocycles. The lowest BCUT2D eigenvalue weighted by Gasteiger charge is -2.23. The molecule has 4 aromatic rings. The second kappa shape index (κ2) is 6.32. The molecule has 4 aromatic heterocycles. The second-order valence-electron chi connectivity index (χ2n) is 7.17. The number of imidazole rings is 1. The van der Waals surface area contributed by atoms with Crippen LogP contribution in [-0.4, -0.2) is 36.8 Å². The van der Waals surface area contributed by atoms with Crippen LogP contribution in [0.3, 0.4) is 0 Å². The first-order valence-corrected chi connectivity index (χ1v) is 9.34. The molecule has 0 bridgehead atoms. The van der Waals surface area contributed by atoms with Gasteiger partial charge in [0.05, 0.1) is 40.6 Å². The first kappa shape index (κ1) is 16.7. The zero-order valence-corrected chi connectivity index (χ0v) is 15.5. The van der Waals surface area contributed by atoms with E-state index in [1.165, 1.54) is 0 Å². The van der Waals surface area contributed by atoms with Gasteiger partial charge in [0.25, 0.3) is 0 Å². The second-order valence-corrected chi connectivity index (χ2v) is 7.17. The van der Waals surface area contributed by atoms with Crippen molar-refractivity contribution >= 4 is 16.7 Å². The van der Waals surface area contributed by atoms with Gasteiger partial charge in [0.1, 0.15) is 0 Å². The summed E-state index contributed by atoms with van der Waals surface area (Å²) in [5.41, 5.74) is 4.42. The van der Waals surface area contributed by atoms with Crippen molar-refractivity contribution in [3.05, 3.63) is 52.7 Å². The van der Waals surface area contributed by atoms with Crippen molar-refractivity contribution in [2.75, 3.05) is 13.1 Å². The summed E-state index contributed by atoms with van der Waals surface area (Å²) in [5, 5.41) is 17.0. The number of fused-ring (bicyclic) bond motifs is 2. The van der Waals surface area contributed by atoms with Crippen molar-refractivity contribution in [3.8, 4) is 17.3 Å². The number of nitrogens with zero attached hydrogens (tertiary/aromatic N) is 6. The van der Waals surface area contributed by atoms with Gasteiger partial charge in [-0.1, -0.05) is 0 Å². The summed E-state index contributed by atoms with van der Waals surface area (Å²) in [6.45, 7) is 1.76. The third-order valence-electron chi connectivity index (χ3n) is 5.50. The predicted octanol–water partition coefficient (Wildman–Crippen LogP) is 1.85. The SMILES string of the molecule is Cn1c(=O)n([C@H]2CCCNC2)c2nc(-c3cnn4ccc(C#N)cc34)ccc21. The zero-order chi connectivity index (χ0) is 19.3. The molecule has 8 nitrogen and oxygen atoms in total. The maximum Gasteiger partial charge on any atom is 0.330 e. The van der Waals surface area contributed by atoms with Gasteiger partial charge in [-0.3, -0.25) is 9.13 Å². The van der Waals surface area contributed by atoms with Gasteiger partial charge in [-0.15, -0.1) is 0 Å². The Kier molecular flexibility index (Phi) is 3.77. The molecule has 1 aliphatic heterocycles. The minimum atomic E-state index is -0.0417. The van der Waals surface area contributed by atoms with Gasteiger partial charge in [-0.05, 0) is 43.7 Å². The number of piperidine rings is 1. The highest BCUT2D eigenvalue weighted by Gasteiger charge is 2.23. The molecule has 0 saturated carbocycles. The standard InChI is InChI=1S/C20H19N7O/c1-25-17-5-4-16(15-12-23-26-8-6-13(10-21)9-18(15)26)24-19(17)27(20(25)28)14-3-2-7-22-11-14/h4-6,8-9,12,14,22H,2-3,7,11H2,1H3/t14-/m0/s1. The number of aromatic nitrogens is 5. The summed E-state index contributed by atoms with van der Waals surface area (Å²) < 4.78 is 5.20. The number of hydrogen-bond acceptors (Lipinski definition) is 5. The van der Waals surface area contributed by atoms with Crippen molar-refractivity contribution < 1.29 is 0 Å². The van der Waals surface area contributed by atoms with Gasteiger partial charge in [0.15, 0.2) is 5.65 Å². The number of nitrogens with one attached hydrogen (secondary N) is 1. The molecular formula is C20H19N7O. The summed E-state index contributed by atoms with van der Waals surface area (Å²) >= 11 is 0. The fourth-order valence-electron chi connectivity index (χ4n) is 4.02. The average Bonchev–Trinajstić information content (AvgIpc) is 3.27. The lowest BCUT2D eigenvalue weighted by atomic mass is 10.1. The molecule has 1 aliphatic rings. The van der Waals surface area contributed by atoms with E-state index in [9.17, 15) is 10.1 Å². The van der Waals surface area contributed by atoms with Crippen LogP contribution in [0.1, 0.15) is 24.4 Å². The number of hydrogen-bond donors (Lipinski definition) is 1. The first-order chi connectivity index (χ1) is 13.7. The van der Waals surface area contributed by atoms with E-state index in [1.54, 1.807) is 40.7 Å². The van der Waals surface area contributed by atoms with Crippen LogP contribution in [-0.2, 0) is 7.05 Å². The van der Waals surface area contributed by atoms with Gasteiger partial charge in [-0.2, -0.15) is 10.4 Å². The summed E-state index contributed by atoms with van der Waals surface area (Å²) in [6.07, 6.45) is 5.51. The van der Waals surface area contributed by atoms with Crippen LogP contribution in [0, 0.1) is 11.3 Å². The first-order valence-electron chi connectivity index (χ1n) is 9.34. The highest BCUT2D eigenvalue weighted by atomic mass is 16.1. The largest absolute Gasteiger partial charge is 0.330 e. The number of pyridine rings is 2. The molecule has 0 spiro atoms. The highest BCUT2D eigenvalue weighted by Crippen LogP contribution is 2.27. The minimum absolute atomic E-state index is 0.0417. The van der Waals surface area contributed by atoms with Crippen molar-refractivity contribution in [3.63, 3.8) is 0 Å². The molecule has 1 atom stereocenters. The van der Waals surface area contributed by atoms with Crippen LogP contribution in [0.5, 0.6) is 0 Å². The molecule has 0 radical (unpaired) electrons. The van der Waals surface area contributed by atoms with Crippen molar-refractivity contribution in [1.29, 1.82) is 5.26 Å². The minimum Gasteiger partial charge on any atom is -0.315 e. The Morgan fingerprint density at radius 2 is 2.18 bits per heavy atom. The normalized spacial score (nSPS) is 17.2. The van der Waals surface area contributed by atoms with Crippen LogP contribution in [0.25, 0.3) is 27.9 Å². The van der Waals surface area contributed by atoms with Crippen molar-refractivity contribution in [1.82, 2.24) is 29.0 Å². The molecule has 1 N–H and O–H groups in total. The Morgan fingerprint density at radius 3 is 2.96 bits per heavy atom. The summed E-state index contributed by atoms with van der Waals surface area (Å²) in [7, 11) is 1.79. The van der Waals surface area contributed by atoms with Gasteiger partial charge in [0.2, 0.25) is 0 Å². The van der Waals surface area contributed by atoms with E-state index in [2.05, 4.69) is 16.5 Å². The lowest BCUT2D eigenvalue weighted by Crippen LogP contribution is -2.36. The van der Waals surface area contributed by atoms with Gasteiger partial charge in [-0.25, -0.2) is 14.3 Å². The maximum atomic E-state index is 12.9. The maximum absolute atomic E-state index is 12.9. The van der Waals surface area contributed by atoms with Gasteiger partial charge >= 0.3 is 5.69 Å². The summed E-state index contributed by atoms with van der Waals surface area (Å²) in [4.78, 5) is 17.7. The molecular weight excluding hydrogens is 354 g/mol. The van der Waals surface area contributed by atoms with E-state index in [0.29, 0.717) is 11.2 Å². The zero-order valence-electron chi connectivity index (χ0n) is 15.5. The van der Waals surface area contributed by atoms with E-state index >= 15 is 0 Å². The van der Waals surface area contributed by atoms with Crippen molar-refractivity contribution in [2.24, 2.45) is 7.05 Å². The fraction of sp³-hybridized carbons (Fsp3) is 0.300. The molecule has 28 heavy (non-hydrogen) atoms. The third-order valence-corrected chi connectivity index (χ3v) is 5.50. The van der Waals surface area contributed by atoms with Gasteiger partial charge in [0, 0.05) is 25.4 Å². The van der Waals surface area contributed by atoms with Crippen LogP contribution in [0.4, 0.5) is 0 Å². The monoisotopic (exact) mass is 373 g/mol. The molecule has 1 saturated heterocycles. The van der Waals surface area contributed by atoms with Crippen LogP contribution < -0.4 is 11.0 Å². The molecule has 0 aliphatic carbocycles. The quantitative estimate of drug-likeness (QED) is 0.579. The number of aryl methyl sites for hydroxylation is 1. The van der Waals surface area contributed by atoms with Gasteiger partial charge < -0.3 is 5.32 Å². The van der Waals surface area contributed by atoms with Crippen LogP contribution in [0.2, 0.25) is 0 Å². The molecule has 0 unspecified atom stereocenters. The average molecular weight is 373 g/mol. The Morgan fingerprint density at radius 1 is 1.29 bits per heavy atom. The van der Waals surface area contributed by atoms with E-state index < -0.39 is 0 Å².